The maximum absolute atomic E-state index is 13.5. The van der Waals surface area contributed by atoms with Gasteiger partial charge in [0.15, 0.2) is 11.5 Å². The van der Waals surface area contributed by atoms with Crippen LogP contribution in [-0.2, 0) is 49.3 Å². The summed E-state index contributed by atoms with van der Waals surface area (Å²) in [5, 5.41) is 31.6. The van der Waals surface area contributed by atoms with Crippen molar-refractivity contribution < 1.29 is 191 Å². The van der Waals surface area contributed by atoms with E-state index in [0.717, 1.165) is 33.9 Å². The van der Waals surface area contributed by atoms with Gasteiger partial charge in [-0.15, -0.1) is 30.0 Å². The third-order valence-corrected chi connectivity index (χ3v) is 12.1. The van der Waals surface area contributed by atoms with E-state index in [9.17, 15) is 53.8 Å². The minimum Gasteiger partial charge on any atom is -0.744 e. The monoisotopic (exact) mass is 1020 g/mol. The Morgan fingerprint density at radius 3 is 1.36 bits per heavy atom. The summed E-state index contributed by atoms with van der Waals surface area (Å²) in [6, 6.07) is 11.0. The summed E-state index contributed by atoms with van der Waals surface area (Å²) in [5.74, 6) is -2.20. The molecular formula is C36H28N6Na4O16S4. The van der Waals surface area contributed by atoms with Gasteiger partial charge in [-0.3, -0.25) is 14.6 Å². The molecule has 0 aliphatic heterocycles. The smallest absolute Gasteiger partial charge is 0.744 e. The van der Waals surface area contributed by atoms with Crippen LogP contribution in [0.15, 0.2) is 80.2 Å². The van der Waals surface area contributed by atoms with E-state index in [1.165, 1.54) is 30.3 Å². The Labute approximate surface area is 468 Å². The SMILES string of the molecule is CC(C)(C)C(=O)Oc1cc(-n2nc3ccc4c(S(=O)(=O)[O-])cc(S(=O)(=O)[O-])cc4c3n2)c(OC(=O)C(C)(C)C)cc1-n1nc2ccc3c(SOO[O-])cc(S(=O)(=O)[O-])cc3c2n1.[Na+].[Na+].[Na+].[Na+]. The average molecular weight is 1020 g/mol. The second kappa shape index (κ2) is 21.4. The molecule has 7 rings (SSSR count). The van der Waals surface area contributed by atoms with Crippen molar-refractivity contribution in [3.8, 4) is 22.9 Å². The zero-order chi connectivity index (χ0) is 45.5. The molecule has 0 saturated heterocycles. The van der Waals surface area contributed by atoms with Gasteiger partial charge in [0.25, 0.3) is 0 Å². The summed E-state index contributed by atoms with van der Waals surface area (Å²) in [4.78, 5) is 26.0. The number of fused-ring (bicyclic) bond motifs is 6. The number of rotatable bonds is 10. The first kappa shape index (κ1) is 58.6. The van der Waals surface area contributed by atoms with Gasteiger partial charge in [0.1, 0.15) is 63.8 Å². The number of hydrogen-bond acceptors (Lipinski definition) is 21. The second-order valence-electron chi connectivity index (χ2n) is 15.5. The molecule has 22 nitrogen and oxygen atoms in total. The third-order valence-electron chi connectivity index (χ3n) is 8.94. The quantitative estimate of drug-likeness (QED) is 0.0234. The first-order chi connectivity index (χ1) is 28.6. The van der Waals surface area contributed by atoms with Gasteiger partial charge in [-0.25, -0.2) is 25.3 Å². The maximum Gasteiger partial charge on any atom is 1.00 e. The fourth-order valence-corrected chi connectivity index (χ4v) is 8.32. The molecule has 0 bridgehead atoms. The Bertz CT molecular complexity index is 3410. The number of carbonyl (C=O) groups is 2. The zero-order valence-corrected chi connectivity index (χ0v) is 47.9. The van der Waals surface area contributed by atoms with Crippen molar-refractivity contribution in [2.24, 2.45) is 10.8 Å². The summed E-state index contributed by atoms with van der Waals surface area (Å²) in [6.45, 7) is 9.32. The number of hydrogen-bond donors (Lipinski definition) is 0. The Hall–Kier alpha value is -1.68. The molecule has 30 heteroatoms. The molecule has 5 aromatic carbocycles. The van der Waals surface area contributed by atoms with Gasteiger partial charge in [0.05, 0.1) is 37.6 Å². The molecule has 0 N–H and O–H groups in total. The second-order valence-corrected chi connectivity index (χ2v) is 20.4. The van der Waals surface area contributed by atoms with Gasteiger partial charge >= 0.3 is 130 Å². The van der Waals surface area contributed by atoms with Crippen LogP contribution in [0.25, 0.3) is 55.0 Å². The number of aromatic nitrogens is 6. The van der Waals surface area contributed by atoms with Crippen LogP contribution in [0.5, 0.6) is 11.5 Å². The molecule has 0 aliphatic carbocycles. The van der Waals surface area contributed by atoms with E-state index in [-0.39, 0.29) is 190 Å². The summed E-state index contributed by atoms with van der Waals surface area (Å²) in [5.41, 5.74) is -2.77. The molecule has 0 spiro atoms. The van der Waals surface area contributed by atoms with Crippen LogP contribution in [0.3, 0.4) is 0 Å². The number of benzene rings is 5. The van der Waals surface area contributed by atoms with E-state index in [0.29, 0.717) is 18.1 Å². The molecule has 0 saturated carbocycles. The molecule has 0 atom stereocenters. The molecule has 0 unspecified atom stereocenters. The van der Waals surface area contributed by atoms with E-state index in [1.807, 2.05) is 0 Å². The van der Waals surface area contributed by atoms with Gasteiger partial charge in [-0.2, -0.15) is 4.33 Å². The van der Waals surface area contributed by atoms with E-state index in [1.54, 1.807) is 41.5 Å². The van der Waals surface area contributed by atoms with Crippen molar-refractivity contribution in [2.75, 3.05) is 0 Å². The molecule has 0 amide bonds. The fraction of sp³-hybridized carbons (Fsp3) is 0.222. The predicted octanol–water partition coefficient (Wildman–Crippen LogP) is -8.68. The van der Waals surface area contributed by atoms with Crippen molar-refractivity contribution in [3.63, 3.8) is 0 Å². The van der Waals surface area contributed by atoms with E-state index in [2.05, 4.69) is 29.8 Å². The summed E-state index contributed by atoms with van der Waals surface area (Å²) < 4.78 is 126. The number of esters is 2. The number of nitrogens with zero attached hydrogens (tertiary/aromatic N) is 6. The topological polar surface area (TPSA) is 327 Å². The van der Waals surface area contributed by atoms with Crippen LogP contribution in [0.4, 0.5) is 0 Å². The van der Waals surface area contributed by atoms with Gasteiger partial charge in [0.2, 0.25) is 0 Å². The molecule has 326 valence electrons. The standard InChI is InChI=1S/C36H32N6O16S4.4Na/c1-35(2,3)33(43)55-27-16-26(42-38-24-10-8-20-22(32(24)40-42)12-18(61(49,50)51)14-30(20)62(52,53)54)28(56-34(44)36(4,5)6)15-25(27)41-37-23-9-7-19-21(31(23)39-41)11-17(60(46,47)48)13-29(19)59-58-57-45;;;;/h7-16,45H,1-6H3,(H,46,47,48)(H,49,50,51)(H,52,53,54);;;;/q;4*+1/p-4. The molecule has 0 radical (unpaired) electrons. The molecule has 2 heterocycles. The predicted molar refractivity (Wildman–Crippen MR) is 208 cm³/mol. The third kappa shape index (κ3) is 12.2. The Morgan fingerprint density at radius 1 is 0.561 bits per heavy atom. The molecule has 7 aromatic rings. The van der Waals surface area contributed by atoms with Crippen LogP contribution in [-0.4, -0.2) is 80.8 Å². The Balaban J connectivity index is 0.00000289. The fourth-order valence-electron chi connectivity index (χ4n) is 5.86. The molecule has 2 aromatic heterocycles. The van der Waals surface area contributed by atoms with E-state index >= 15 is 0 Å². The van der Waals surface area contributed by atoms with Crippen molar-refractivity contribution in [1.29, 1.82) is 0 Å². The molecule has 0 fully saturated rings. The minimum absolute atomic E-state index is 0. The summed E-state index contributed by atoms with van der Waals surface area (Å²) in [6.07, 6.45) is 0. The summed E-state index contributed by atoms with van der Waals surface area (Å²) in [7, 11) is -15.7. The normalized spacial score (nSPS) is 12.3. The Kier molecular flexibility index (Phi) is 19.0. The van der Waals surface area contributed by atoms with Crippen LogP contribution >= 0.6 is 12.0 Å². The van der Waals surface area contributed by atoms with Crippen molar-refractivity contribution in [3.05, 3.63) is 60.7 Å². The van der Waals surface area contributed by atoms with E-state index in [4.69, 9.17) is 9.47 Å². The maximum atomic E-state index is 13.5. The molecular weight excluding hydrogens is 993 g/mol. The van der Waals surface area contributed by atoms with Crippen molar-refractivity contribution >= 4 is 97.9 Å². The Morgan fingerprint density at radius 2 is 0.970 bits per heavy atom. The van der Waals surface area contributed by atoms with Gasteiger partial charge in [0, 0.05) is 38.6 Å². The van der Waals surface area contributed by atoms with Crippen LogP contribution in [0.2, 0.25) is 0 Å². The van der Waals surface area contributed by atoms with Gasteiger partial charge in [-0.1, -0.05) is 12.1 Å². The van der Waals surface area contributed by atoms with Crippen molar-refractivity contribution in [1.82, 2.24) is 30.0 Å². The van der Waals surface area contributed by atoms with Gasteiger partial charge < -0.3 is 28.4 Å². The van der Waals surface area contributed by atoms with Crippen LogP contribution in [0, 0.1) is 10.8 Å². The number of carbonyl (C=O) groups excluding carboxylic acids is 2. The van der Waals surface area contributed by atoms with Crippen LogP contribution < -0.4 is 133 Å². The minimum atomic E-state index is -5.35. The first-order valence-corrected chi connectivity index (χ1v) is 22.4. The molecule has 66 heavy (non-hydrogen) atoms. The molecule has 0 aliphatic rings. The number of ether oxygens (including phenoxy) is 2. The average Bonchev–Trinajstić information content (AvgIpc) is 3.80. The largest absolute Gasteiger partial charge is 1.00 e. The summed E-state index contributed by atoms with van der Waals surface area (Å²) >= 11 is 0.323. The first-order valence-electron chi connectivity index (χ1n) is 17.5. The zero-order valence-electron chi connectivity index (χ0n) is 36.6. The van der Waals surface area contributed by atoms with Gasteiger partial charge in [-0.05, 0) is 77.9 Å². The van der Waals surface area contributed by atoms with E-state index < -0.39 is 67.8 Å². The van der Waals surface area contributed by atoms with Crippen LogP contribution in [0.1, 0.15) is 41.5 Å². The van der Waals surface area contributed by atoms with Crippen molar-refractivity contribution in [2.45, 2.75) is 61.1 Å².